The largest absolute Gasteiger partial charge is 0.394 e. The molecule has 0 aromatic heterocycles. The lowest BCUT2D eigenvalue weighted by molar-refractivity contribution is -0.384. The Kier molecular flexibility index (Phi) is 5.49. The minimum absolute atomic E-state index is 0.0102. The first-order chi connectivity index (χ1) is 10.2. The average Bonchev–Trinajstić information content (AvgIpc) is 2.52. The molecular weight excluding hydrogens is 276 g/mol. The van der Waals surface area contributed by atoms with E-state index in [1.165, 1.54) is 12.1 Å². The average molecular weight is 296 g/mol. The number of piperidine rings is 1. The van der Waals surface area contributed by atoms with Crippen LogP contribution in [-0.4, -0.2) is 47.5 Å². The van der Waals surface area contributed by atoms with E-state index in [1.807, 2.05) is 0 Å². The van der Waals surface area contributed by atoms with Crippen molar-refractivity contribution in [2.45, 2.75) is 25.6 Å². The number of benzene rings is 1. The van der Waals surface area contributed by atoms with Gasteiger partial charge in [-0.25, -0.2) is 0 Å². The summed E-state index contributed by atoms with van der Waals surface area (Å²) in [4.78, 5) is 12.4. The third-order valence-electron chi connectivity index (χ3n) is 3.67. The summed E-state index contributed by atoms with van der Waals surface area (Å²) in [6, 6.07) is 4.57. The highest BCUT2D eigenvalue weighted by Gasteiger charge is 2.22. The topological polar surface area (TPSA) is 96.1 Å². The quantitative estimate of drug-likeness (QED) is 0.602. The first kappa shape index (κ1) is 15.7. The van der Waals surface area contributed by atoms with Gasteiger partial charge in [-0.15, -0.1) is 0 Å². The Bertz CT molecular complexity index is 486. The summed E-state index contributed by atoms with van der Waals surface area (Å²) in [6.45, 7) is 1.68. The van der Waals surface area contributed by atoms with Gasteiger partial charge in [0, 0.05) is 36.5 Å². The molecule has 0 saturated carbocycles. The van der Waals surface area contributed by atoms with Crippen LogP contribution in [0.4, 0.5) is 11.4 Å². The van der Waals surface area contributed by atoms with Crippen LogP contribution in [0.2, 0.25) is 0 Å². The number of nitro benzene ring substituents is 1. The van der Waals surface area contributed by atoms with Crippen LogP contribution in [0.25, 0.3) is 0 Å². The van der Waals surface area contributed by atoms with Crippen LogP contribution in [-0.2, 0) is 11.3 Å². The highest BCUT2D eigenvalue weighted by Crippen LogP contribution is 2.28. The fourth-order valence-electron chi connectivity index (χ4n) is 2.60. The van der Waals surface area contributed by atoms with Gasteiger partial charge in [-0.3, -0.25) is 10.1 Å². The summed E-state index contributed by atoms with van der Waals surface area (Å²) in [5, 5.41) is 28.9. The van der Waals surface area contributed by atoms with Crippen LogP contribution in [0.3, 0.4) is 0 Å². The molecule has 0 spiro atoms. The van der Waals surface area contributed by atoms with Crippen molar-refractivity contribution in [1.82, 2.24) is 0 Å². The number of nitro groups is 1. The van der Waals surface area contributed by atoms with Crippen LogP contribution in [0.15, 0.2) is 18.2 Å². The minimum Gasteiger partial charge on any atom is -0.394 e. The van der Waals surface area contributed by atoms with Crippen molar-refractivity contribution in [3.05, 3.63) is 33.9 Å². The van der Waals surface area contributed by atoms with Gasteiger partial charge in [0.25, 0.3) is 5.69 Å². The maximum absolute atomic E-state index is 10.8. The standard InChI is InChI=1S/C14H20N2O5/c17-7-8-21-13-3-5-15(6-4-13)14-2-1-12(16(19)20)9-11(14)10-18/h1-2,9,13,17-18H,3-8,10H2. The number of anilines is 1. The molecule has 2 N–H and O–H groups in total. The van der Waals surface area contributed by atoms with Crippen LogP contribution < -0.4 is 4.90 Å². The van der Waals surface area contributed by atoms with Gasteiger partial charge < -0.3 is 19.8 Å². The molecule has 1 saturated heterocycles. The molecule has 0 atom stereocenters. The van der Waals surface area contributed by atoms with E-state index < -0.39 is 4.92 Å². The SMILES string of the molecule is O=[N+]([O-])c1ccc(N2CCC(OCCO)CC2)c(CO)c1. The van der Waals surface area contributed by atoms with Gasteiger partial charge >= 0.3 is 0 Å². The van der Waals surface area contributed by atoms with Crippen LogP contribution in [0.5, 0.6) is 0 Å². The molecule has 0 bridgehead atoms. The van der Waals surface area contributed by atoms with Crippen molar-refractivity contribution in [3.8, 4) is 0 Å². The molecule has 7 nitrogen and oxygen atoms in total. The smallest absolute Gasteiger partial charge is 0.269 e. The molecule has 0 aliphatic carbocycles. The van der Waals surface area contributed by atoms with Crippen molar-refractivity contribution in [2.24, 2.45) is 0 Å². The second-order valence-corrected chi connectivity index (χ2v) is 5.01. The molecule has 0 radical (unpaired) electrons. The molecule has 1 heterocycles. The summed E-state index contributed by atoms with van der Waals surface area (Å²) < 4.78 is 5.51. The Hall–Kier alpha value is -1.70. The Morgan fingerprint density at radius 3 is 2.62 bits per heavy atom. The zero-order chi connectivity index (χ0) is 15.2. The van der Waals surface area contributed by atoms with Crippen LogP contribution in [0, 0.1) is 10.1 Å². The van der Waals surface area contributed by atoms with Crippen molar-refractivity contribution in [2.75, 3.05) is 31.2 Å². The highest BCUT2D eigenvalue weighted by molar-refractivity contribution is 5.58. The molecular formula is C14H20N2O5. The van der Waals surface area contributed by atoms with E-state index >= 15 is 0 Å². The van der Waals surface area contributed by atoms with E-state index in [1.54, 1.807) is 6.07 Å². The number of hydrogen-bond donors (Lipinski definition) is 2. The Balaban J connectivity index is 2.04. The number of hydrogen-bond acceptors (Lipinski definition) is 6. The monoisotopic (exact) mass is 296 g/mol. The number of aliphatic hydroxyl groups is 2. The van der Waals surface area contributed by atoms with Crippen molar-refractivity contribution >= 4 is 11.4 Å². The summed E-state index contributed by atoms with van der Waals surface area (Å²) in [7, 11) is 0. The van der Waals surface area contributed by atoms with E-state index in [4.69, 9.17) is 9.84 Å². The van der Waals surface area contributed by atoms with Crippen LogP contribution in [0.1, 0.15) is 18.4 Å². The maximum atomic E-state index is 10.8. The van der Waals surface area contributed by atoms with Gasteiger partial charge in [-0.1, -0.05) is 0 Å². The fraction of sp³-hybridized carbons (Fsp3) is 0.571. The molecule has 1 fully saturated rings. The lowest BCUT2D eigenvalue weighted by atomic mass is 10.0. The molecule has 1 aromatic rings. The number of aliphatic hydroxyl groups excluding tert-OH is 2. The molecule has 21 heavy (non-hydrogen) atoms. The van der Waals surface area contributed by atoms with Crippen molar-refractivity contribution in [3.63, 3.8) is 0 Å². The van der Waals surface area contributed by atoms with Crippen molar-refractivity contribution in [1.29, 1.82) is 0 Å². The lowest BCUT2D eigenvalue weighted by Gasteiger charge is -2.34. The first-order valence-electron chi connectivity index (χ1n) is 7.01. The highest BCUT2D eigenvalue weighted by atomic mass is 16.6. The molecule has 1 aliphatic rings. The Labute approximate surface area is 122 Å². The lowest BCUT2D eigenvalue weighted by Crippen LogP contribution is -2.37. The Morgan fingerprint density at radius 1 is 1.33 bits per heavy atom. The van der Waals surface area contributed by atoms with Gasteiger partial charge in [-0.2, -0.15) is 0 Å². The predicted octanol–water partition coefficient (Wildman–Crippen LogP) is 1.06. The zero-order valence-electron chi connectivity index (χ0n) is 11.8. The molecule has 1 aromatic carbocycles. The molecule has 7 heteroatoms. The zero-order valence-corrected chi connectivity index (χ0v) is 11.8. The third kappa shape index (κ3) is 3.90. The minimum atomic E-state index is -0.460. The van der Waals surface area contributed by atoms with Crippen molar-refractivity contribution < 1.29 is 19.9 Å². The second-order valence-electron chi connectivity index (χ2n) is 5.01. The van der Waals surface area contributed by atoms with Gasteiger partial charge in [0.15, 0.2) is 0 Å². The molecule has 0 unspecified atom stereocenters. The summed E-state index contributed by atoms with van der Waals surface area (Å²) in [5.41, 5.74) is 1.39. The van der Waals surface area contributed by atoms with Gasteiger partial charge in [0.1, 0.15) is 0 Å². The normalized spacial score (nSPS) is 16.2. The fourth-order valence-corrected chi connectivity index (χ4v) is 2.60. The van der Waals surface area contributed by atoms with Gasteiger partial charge in [-0.05, 0) is 18.9 Å². The third-order valence-corrected chi connectivity index (χ3v) is 3.67. The maximum Gasteiger partial charge on any atom is 0.269 e. The number of ether oxygens (including phenoxy) is 1. The molecule has 116 valence electrons. The summed E-state index contributed by atoms with van der Waals surface area (Å²) in [6.07, 6.45) is 1.81. The molecule has 2 rings (SSSR count). The van der Waals surface area contributed by atoms with E-state index in [0.717, 1.165) is 31.6 Å². The summed E-state index contributed by atoms with van der Waals surface area (Å²) >= 11 is 0. The first-order valence-corrected chi connectivity index (χ1v) is 7.01. The number of rotatable bonds is 6. The van der Waals surface area contributed by atoms with Gasteiger partial charge in [0.2, 0.25) is 0 Å². The number of nitrogens with zero attached hydrogens (tertiary/aromatic N) is 2. The second kappa shape index (κ2) is 7.35. The molecule has 1 aliphatic heterocycles. The summed E-state index contributed by atoms with van der Waals surface area (Å²) in [5.74, 6) is 0. The van der Waals surface area contributed by atoms with Gasteiger partial charge in [0.05, 0.1) is 30.8 Å². The van der Waals surface area contributed by atoms with Crippen LogP contribution >= 0.6 is 0 Å². The number of non-ortho nitro benzene ring substituents is 1. The van der Waals surface area contributed by atoms with E-state index in [9.17, 15) is 15.2 Å². The predicted molar refractivity (Wildman–Crippen MR) is 77.3 cm³/mol. The Morgan fingerprint density at radius 2 is 2.05 bits per heavy atom. The van der Waals surface area contributed by atoms with E-state index in [-0.39, 0.29) is 25.0 Å². The van der Waals surface area contributed by atoms with E-state index in [2.05, 4.69) is 4.90 Å². The van der Waals surface area contributed by atoms with E-state index in [0.29, 0.717) is 12.2 Å². The molecule has 0 amide bonds.